The number of nitrogens with one attached hydrogen (secondary N) is 1. The van der Waals surface area contributed by atoms with Crippen LogP contribution in [0.1, 0.15) is 47.5 Å². The maximum Gasteiger partial charge on any atom is 0.263 e. The topological polar surface area (TPSA) is 54.5 Å². The molecule has 0 aromatic carbocycles. The Labute approximate surface area is 135 Å². The molecule has 120 valence electrons. The van der Waals surface area contributed by atoms with Gasteiger partial charge in [0.15, 0.2) is 5.13 Å². The highest BCUT2D eigenvalue weighted by Crippen LogP contribution is 2.34. The van der Waals surface area contributed by atoms with Crippen molar-refractivity contribution in [1.29, 1.82) is 0 Å². The summed E-state index contributed by atoms with van der Waals surface area (Å²) in [6.45, 7) is 3.25. The molecule has 1 aliphatic carbocycles. The maximum atomic E-state index is 12.5. The third-order valence-corrected chi connectivity index (χ3v) is 6.28. The zero-order valence-corrected chi connectivity index (χ0v) is 13.7. The first-order valence-electron chi connectivity index (χ1n) is 8.44. The molecule has 1 saturated heterocycles. The second-order valence-electron chi connectivity index (χ2n) is 6.55. The van der Waals surface area contributed by atoms with Crippen LogP contribution in [-0.2, 0) is 11.2 Å². The molecule has 1 saturated carbocycles. The molecule has 1 unspecified atom stereocenters. The second-order valence-corrected chi connectivity index (χ2v) is 7.53. The zero-order valence-electron chi connectivity index (χ0n) is 12.8. The lowest BCUT2D eigenvalue weighted by Crippen LogP contribution is -2.46. The third kappa shape index (κ3) is 2.74. The Bertz CT molecular complexity index is 548. The summed E-state index contributed by atoms with van der Waals surface area (Å²) in [4.78, 5) is 20.3. The van der Waals surface area contributed by atoms with Gasteiger partial charge >= 0.3 is 0 Å². The standard InChI is InChI=1S/C16H23N3O2S/c20-15-14-13(10-12(17-15)11-4-2-1-3-5-11)18-16(22-14)19-6-8-21-9-7-19/h11-12H,1-10H2,(H,17,20). The van der Waals surface area contributed by atoms with Crippen molar-refractivity contribution in [2.75, 3.05) is 31.2 Å². The van der Waals surface area contributed by atoms with Crippen LogP contribution in [0.5, 0.6) is 0 Å². The van der Waals surface area contributed by atoms with E-state index in [-0.39, 0.29) is 5.91 Å². The number of thiazole rings is 1. The number of ether oxygens (including phenoxy) is 1. The van der Waals surface area contributed by atoms with Crippen molar-refractivity contribution in [2.45, 2.75) is 44.6 Å². The molecular weight excluding hydrogens is 298 g/mol. The molecule has 4 rings (SSSR count). The van der Waals surface area contributed by atoms with Crippen LogP contribution in [0.4, 0.5) is 5.13 Å². The summed E-state index contributed by atoms with van der Waals surface area (Å²) in [6, 6.07) is 0.292. The van der Waals surface area contributed by atoms with E-state index in [2.05, 4.69) is 10.2 Å². The van der Waals surface area contributed by atoms with Crippen molar-refractivity contribution in [3.8, 4) is 0 Å². The van der Waals surface area contributed by atoms with Gasteiger partial charge in [-0.25, -0.2) is 4.98 Å². The molecule has 5 nitrogen and oxygen atoms in total. The summed E-state index contributed by atoms with van der Waals surface area (Å²) < 4.78 is 5.40. The second kappa shape index (κ2) is 6.16. The number of morpholine rings is 1. The number of amides is 1. The molecule has 0 spiro atoms. The summed E-state index contributed by atoms with van der Waals surface area (Å²) in [5.74, 6) is 0.730. The number of hydrogen-bond acceptors (Lipinski definition) is 5. The number of fused-ring (bicyclic) bond motifs is 1. The van der Waals surface area contributed by atoms with E-state index < -0.39 is 0 Å². The van der Waals surface area contributed by atoms with E-state index in [9.17, 15) is 4.79 Å². The molecule has 22 heavy (non-hydrogen) atoms. The van der Waals surface area contributed by atoms with E-state index in [0.717, 1.165) is 48.4 Å². The Balaban J connectivity index is 1.52. The molecule has 1 N–H and O–H groups in total. The Morgan fingerprint density at radius 1 is 1.18 bits per heavy atom. The zero-order chi connectivity index (χ0) is 14.9. The number of carbonyl (C=O) groups is 1. The Kier molecular flexibility index (Phi) is 4.05. The normalized spacial score (nSPS) is 26.6. The highest BCUT2D eigenvalue weighted by molar-refractivity contribution is 7.17. The summed E-state index contributed by atoms with van der Waals surface area (Å²) in [6.07, 6.45) is 7.37. The first kappa shape index (κ1) is 14.5. The Morgan fingerprint density at radius 2 is 1.95 bits per heavy atom. The lowest BCUT2D eigenvalue weighted by Gasteiger charge is -2.32. The van der Waals surface area contributed by atoms with Gasteiger partial charge in [0.25, 0.3) is 5.91 Å². The van der Waals surface area contributed by atoms with Gasteiger partial charge in [-0.2, -0.15) is 0 Å². The number of nitrogens with zero attached hydrogens (tertiary/aromatic N) is 2. The first-order chi connectivity index (χ1) is 10.8. The van der Waals surface area contributed by atoms with Crippen LogP contribution in [0.3, 0.4) is 0 Å². The van der Waals surface area contributed by atoms with Crippen LogP contribution in [-0.4, -0.2) is 43.2 Å². The number of anilines is 1. The molecule has 2 fully saturated rings. The van der Waals surface area contributed by atoms with E-state index in [1.165, 1.54) is 32.1 Å². The van der Waals surface area contributed by atoms with Crippen LogP contribution >= 0.6 is 11.3 Å². The van der Waals surface area contributed by atoms with Crippen molar-refractivity contribution in [2.24, 2.45) is 5.92 Å². The van der Waals surface area contributed by atoms with Gasteiger partial charge in [0, 0.05) is 25.6 Å². The van der Waals surface area contributed by atoms with Gasteiger partial charge in [-0.1, -0.05) is 30.6 Å². The first-order valence-corrected chi connectivity index (χ1v) is 9.26. The maximum absolute atomic E-state index is 12.5. The Hall–Kier alpha value is -1.14. The lowest BCUT2D eigenvalue weighted by molar-refractivity contribution is 0.0901. The highest BCUT2D eigenvalue weighted by Gasteiger charge is 2.34. The molecule has 6 heteroatoms. The van der Waals surface area contributed by atoms with E-state index in [0.29, 0.717) is 12.0 Å². The van der Waals surface area contributed by atoms with Gasteiger partial charge in [0.1, 0.15) is 4.88 Å². The molecule has 1 aromatic rings. The fourth-order valence-electron chi connectivity index (χ4n) is 3.86. The van der Waals surface area contributed by atoms with E-state index in [1.54, 1.807) is 11.3 Å². The van der Waals surface area contributed by atoms with Gasteiger partial charge in [-0.05, 0) is 18.8 Å². The molecule has 3 aliphatic rings. The monoisotopic (exact) mass is 321 g/mol. The minimum Gasteiger partial charge on any atom is -0.378 e. The molecule has 1 amide bonds. The lowest BCUT2D eigenvalue weighted by atomic mass is 9.81. The average Bonchev–Trinajstić information content (AvgIpc) is 3.01. The molecule has 0 bridgehead atoms. The largest absolute Gasteiger partial charge is 0.378 e. The fourth-order valence-corrected chi connectivity index (χ4v) is 4.91. The predicted molar refractivity (Wildman–Crippen MR) is 86.7 cm³/mol. The molecule has 1 atom stereocenters. The van der Waals surface area contributed by atoms with Crippen LogP contribution < -0.4 is 10.2 Å². The average molecular weight is 321 g/mol. The van der Waals surface area contributed by atoms with E-state index >= 15 is 0 Å². The van der Waals surface area contributed by atoms with Crippen molar-refractivity contribution < 1.29 is 9.53 Å². The number of aromatic nitrogens is 1. The molecule has 0 radical (unpaired) electrons. The van der Waals surface area contributed by atoms with Crippen molar-refractivity contribution >= 4 is 22.4 Å². The minimum atomic E-state index is 0.0915. The summed E-state index contributed by atoms with van der Waals surface area (Å²) in [7, 11) is 0. The van der Waals surface area contributed by atoms with Crippen molar-refractivity contribution in [3.05, 3.63) is 10.6 Å². The Morgan fingerprint density at radius 3 is 2.73 bits per heavy atom. The van der Waals surface area contributed by atoms with Gasteiger partial charge < -0.3 is 15.0 Å². The van der Waals surface area contributed by atoms with Crippen molar-refractivity contribution in [1.82, 2.24) is 10.3 Å². The molecule has 3 heterocycles. The smallest absolute Gasteiger partial charge is 0.263 e. The quantitative estimate of drug-likeness (QED) is 0.907. The predicted octanol–water partition coefficient (Wildman–Crippen LogP) is 2.21. The van der Waals surface area contributed by atoms with Crippen LogP contribution in [0.25, 0.3) is 0 Å². The summed E-state index contributed by atoms with van der Waals surface area (Å²) >= 11 is 1.55. The van der Waals surface area contributed by atoms with Gasteiger partial charge in [0.05, 0.1) is 18.9 Å². The number of hydrogen-bond donors (Lipinski definition) is 1. The molecular formula is C16H23N3O2S. The molecule has 2 aliphatic heterocycles. The van der Waals surface area contributed by atoms with Crippen LogP contribution in [0.2, 0.25) is 0 Å². The van der Waals surface area contributed by atoms with Gasteiger partial charge in [-0.3, -0.25) is 4.79 Å². The summed E-state index contributed by atoms with van der Waals surface area (Å²) in [5.41, 5.74) is 1.02. The van der Waals surface area contributed by atoms with Gasteiger partial charge in [-0.15, -0.1) is 0 Å². The van der Waals surface area contributed by atoms with Gasteiger partial charge in [0.2, 0.25) is 0 Å². The highest BCUT2D eigenvalue weighted by atomic mass is 32.1. The number of carbonyl (C=O) groups excluding carboxylic acids is 1. The number of rotatable bonds is 2. The van der Waals surface area contributed by atoms with E-state index in [1.807, 2.05) is 0 Å². The van der Waals surface area contributed by atoms with Crippen molar-refractivity contribution in [3.63, 3.8) is 0 Å². The minimum absolute atomic E-state index is 0.0915. The van der Waals surface area contributed by atoms with Crippen LogP contribution in [0, 0.1) is 5.92 Å². The summed E-state index contributed by atoms with van der Waals surface area (Å²) in [5, 5.41) is 4.24. The SMILES string of the molecule is O=C1NC(C2CCCCC2)Cc2nc(N3CCOCC3)sc21. The molecule has 1 aromatic heterocycles. The van der Waals surface area contributed by atoms with Crippen LogP contribution in [0.15, 0.2) is 0 Å². The third-order valence-electron chi connectivity index (χ3n) is 5.12. The fraction of sp³-hybridized carbons (Fsp3) is 0.750. The van der Waals surface area contributed by atoms with E-state index in [4.69, 9.17) is 9.72 Å².